The zero-order chi connectivity index (χ0) is 19.7. The maximum atomic E-state index is 12.7. The van der Waals surface area contributed by atoms with E-state index in [9.17, 15) is 18.3 Å². The number of carbonyl (C=O) groups excluding carboxylic acids is 1. The Balaban J connectivity index is 1.55. The summed E-state index contributed by atoms with van der Waals surface area (Å²) in [5.74, 6) is -1.13. The molecular weight excluding hydrogens is 374 g/mol. The summed E-state index contributed by atoms with van der Waals surface area (Å²) in [5.41, 5.74) is 5.86. The molecule has 1 aliphatic rings. The largest absolute Gasteiger partial charge is 0.550 e. The molecule has 6 heteroatoms. The van der Waals surface area contributed by atoms with E-state index in [1.807, 2.05) is 30.3 Å². The van der Waals surface area contributed by atoms with Gasteiger partial charge in [-0.3, -0.25) is 4.72 Å². The third-order valence-corrected chi connectivity index (χ3v) is 6.30. The van der Waals surface area contributed by atoms with E-state index < -0.39 is 16.0 Å². The van der Waals surface area contributed by atoms with E-state index >= 15 is 0 Å². The highest BCUT2D eigenvalue weighted by Crippen LogP contribution is 2.38. The number of rotatable bonds is 6. The number of fused-ring (bicyclic) bond motifs is 3. The molecule has 0 fully saturated rings. The second-order valence-corrected chi connectivity index (χ2v) is 8.51. The van der Waals surface area contributed by atoms with Gasteiger partial charge in [0.05, 0.1) is 4.90 Å². The molecule has 1 aliphatic carbocycles. The Bertz CT molecular complexity index is 1150. The van der Waals surface area contributed by atoms with Gasteiger partial charge in [-0.05, 0) is 71.3 Å². The first-order chi connectivity index (χ1) is 13.4. The smallest absolute Gasteiger partial charge is 0.261 e. The number of aliphatic carboxylic acids is 1. The van der Waals surface area contributed by atoms with Gasteiger partial charge in [0.2, 0.25) is 0 Å². The van der Waals surface area contributed by atoms with Crippen LogP contribution in [0.15, 0.2) is 71.6 Å². The van der Waals surface area contributed by atoms with Crippen LogP contribution in [-0.4, -0.2) is 14.4 Å². The van der Waals surface area contributed by atoms with Crippen LogP contribution in [0.5, 0.6) is 0 Å². The highest BCUT2D eigenvalue weighted by atomic mass is 32.2. The minimum Gasteiger partial charge on any atom is -0.550 e. The molecule has 0 spiro atoms. The predicted octanol–water partition coefficient (Wildman–Crippen LogP) is 2.74. The number of carboxylic acid groups (broad SMARTS) is 1. The molecule has 0 saturated heterocycles. The molecule has 0 aliphatic heterocycles. The van der Waals surface area contributed by atoms with Crippen molar-refractivity contribution in [1.82, 2.24) is 0 Å². The van der Waals surface area contributed by atoms with Gasteiger partial charge in [-0.25, -0.2) is 8.42 Å². The van der Waals surface area contributed by atoms with Crippen LogP contribution < -0.4 is 9.83 Å². The van der Waals surface area contributed by atoms with Gasteiger partial charge in [0, 0.05) is 11.7 Å². The number of aryl methyl sites for hydroxylation is 1. The Morgan fingerprint density at radius 2 is 1.64 bits per heavy atom. The van der Waals surface area contributed by atoms with Crippen molar-refractivity contribution in [3.8, 4) is 11.1 Å². The van der Waals surface area contributed by atoms with Crippen LogP contribution in [0.25, 0.3) is 11.1 Å². The molecule has 5 nitrogen and oxygen atoms in total. The van der Waals surface area contributed by atoms with Crippen molar-refractivity contribution in [2.75, 3.05) is 4.72 Å². The second kappa shape index (κ2) is 7.13. The lowest BCUT2D eigenvalue weighted by Gasteiger charge is -2.11. The second-order valence-electron chi connectivity index (χ2n) is 6.83. The molecule has 0 atom stereocenters. The van der Waals surface area contributed by atoms with E-state index in [0.29, 0.717) is 12.1 Å². The van der Waals surface area contributed by atoms with E-state index in [-0.39, 0.29) is 11.3 Å². The van der Waals surface area contributed by atoms with Gasteiger partial charge in [-0.15, -0.1) is 0 Å². The molecule has 3 aromatic carbocycles. The molecule has 0 aromatic heterocycles. The zero-order valence-electron chi connectivity index (χ0n) is 15.0. The lowest BCUT2D eigenvalue weighted by Crippen LogP contribution is -2.22. The number of benzene rings is 3. The van der Waals surface area contributed by atoms with Gasteiger partial charge >= 0.3 is 0 Å². The summed E-state index contributed by atoms with van der Waals surface area (Å²) >= 11 is 0. The molecule has 142 valence electrons. The number of nitrogens with one attached hydrogen (secondary N) is 1. The SMILES string of the molecule is O=C([O-])CCc1ccc(S(=O)(=O)Nc2ccc3c(c2)-c2ccccc2C3)cc1. The summed E-state index contributed by atoms with van der Waals surface area (Å²) in [4.78, 5) is 10.7. The third-order valence-electron chi connectivity index (χ3n) is 4.90. The predicted molar refractivity (Wildman–Crippen MR) is 105 cm³/mol. The summed E-state index contributed by atoms with van der Waals surface area (Å²) in [6.45, 7) is 0. The molecule has 3 aromatic rings. The van der Waals surface area contributed by atoms with Crippen LogP contribution in [0.4, 0.5) is 5.69 Å². The van der Waals surface area contributed by atoms with Crippen molar-refractivity contribution in [3.05, 3.63) is 83.4 Å². The monoisotopic (exact) mass is 392 g/mol. The highest BCUT2D eigenvalue weighted by Gasteiger charge is 2.20. The topological polar surface area (TPSA) is 86.3 Å². The normalized spacial score (nSPS) is 12.3. The van der Waals surface area contributed by atoms with Gasteiger partial charge in [0.25, 0.3) is 10.0 Å². The minimum atomic E-state index is -3.73. The molecule has 4 rings (SSSR count). The number of sulfonamides is 1. The van der Waals surface area contributed by atoms with Crippen LogP contribution in [0.2, 0.25) is 0 Å². The van der Waals surface area contributed by atoms with E-state index in [2.05, 4.69) is 10.8 Å². The average Bonchev–Trinajstić information content (AvgIpc) is 3.04. The Kier molecular flexibility index (Phi) is 4.65. The summed E-state index contributed by atoms with van der Waals surface area (Å²) in [5, 5.41) is 10.5. The van der Waals surface area contributed by atoms with Crippen LogP contribution in [0, 0.1) is 0 Å². The maximum Gasteiger partial charge on any atom is 0.261 e. The molecule has 0 bridgehead atoms. The Hall–Kier alpha value is -3.12. The molecular formula is C22H18NO4S-. The van der Waals surface area contributed by atoms with Gasteiger partial charge < -0.3 is 9.90 Å². The van der Waals surface area contributed by atoms with Crippen LogP contribution in [-0.2, 0) is 27.7 Å². The van der Waals surface area contributed by atoms with E-state index in [1.165, 1.54) is 23.3 Å². The van der Waals surface area contributed by atoms with Gasteiger partial charge in [-0.2, -0.15) is 0 Å². The summed E-state index contributed by atoms with van der Waals surface area (Å²) in [6, 6.07) is 19.9. The summed E-state index contributed by atoms with van der Waals surface area (Å²) in [6.07, 6.45) is 1.06. The Labute approximate surface area is 163 Å². The van der Waals surface area contributed by atoms with Gasteiger partial charge in [-0.1, -0.05) is 42.5 Å². The number of anilines is 1. The number of hydrogen-bond acceptors (Lipinski definition) is 4. The minimum absolute atomic E-state index is 0.0963. The van der Waals surface area contributed by atoms with Crippen LogP contribution in [0.3, 0.4) is 0 Å². The lowest BCUT2D eigenvalue weighted by atomic mass is 10.1. The van der Waals surface area contributed by atoms with E-state index in [1.54, 1.807) is 18.2 Å². The van der Waals surface area contributed by atoms with Crippen molar-refractivity contribution in [2.45, 2.75) is 24.2 Å². The molecule has 28 heavy (non-hydrogen) atoms. The average molecular weight is 392 g/mol. The molecule has 0 unspecified atom stereocenters. The highest BCUT2D eigenvalue weighted by molar-refractivity contribution is 7.92. The Morgan fingerprint density at radius 3 is 2.39 bits per heavy atom. The zero-order valence-corrected chi connectivity index (χ0v) is 15.8. The van der Waals surface area contributed by atoms with Crippen LogP contribution in [0.1, 0.15) is 23.1 Å². The van der Waals surface area contributed by atoms with Crippen molar-refractivity contribution in [1.29, 1.82) is 0 Å². The van der Waals surface area contributed by atoms with Gasteiger partial charge in [0.1, 0.15) is 0 Å². The van der Waals surface area contributed by atoms with Crippen LogP contribution >= 0.6 is 0 Å². The summed E-state index contributed by atoms with van der Waals surface area (Å²) in [7, 11) is -3.73. The number of carbonyl (C=O) groups is 1. The number of hydrogen-bond donors (Lipinski definition) is 1. The lowest BCUT2D eigenvalue weighted by molar-refractivity contribution is -0.305. The van der Waals surface area contributed by atoms with E-state index in [4.69, 9.17) is 0 Å². The first kappa shape index (κ1) is 18.3. The number of carboxylic acids is 1. The molecule has 0 saturated carbocycles. The molecule has 0 amide bonds. The third kappa shape index (κ3) is 3.64. The summed E-state index contributed by atoms with van der Waals surface area (Å²) < 4.78 is 28.1. The quantitative estimate of drug-likeness (QED) is 0.547. The molecule has 0 heterocycles. The van der Waals surface area contributed by atoms with Crippen molar-refractivity contribution in [2.24, 2.45) is 0 Å². The van der Waals surface area contributed by atoms with Gasteiger partial charge in [0.15, 0.2) is 0 Å². The van der Waals surface area contributed by atoms with Crippen molar-refractivity contribution >= 4 is 21.7 Å². The molecule has 0 radical (unpaired) electrons. The standard InChI is InChI=1S/C22H19NO4S/c24-22(25)12-7-15-5-10-19(11-6-15)28(26,27)23-18-9-8-17-13-16-3-1-2-4-20(16)21(17)14-18/h1-6,8-11,14,23H,7,12-13H2,(H,24,25)/p-1. The Morgan fingerprint density at radius 1 is 0.929 bits per heavy atom. The van der Waals surface area contributed by atoms with E-state index in [0.717, 1.165) is 23.1 Å². The molecule has 1 N–H and O–H groups in total. The first-order valence-corrected chi connectivity index (χ1v) is 10.4. The fourth-order valence-electron chi connectivity index (χ4n) is 3.48. The maximum absolute atomic E-state index is 12.7. The van der Waals surface area contributed by atoms with Crippen molar-refractivity contribution < 1.29 is 18.3 Å². The first-order valence-electron chi connectivity index (χ1n) is 8.95. The van der Waals surface area contributed by atoms with Crippen molar-refractivity contribution in [3.63, 3.8) is 0 Å². The fraction of sp³-hybridized carbons (Fsp3) is 0.136. The fourth-order valence-corrected chi connectivity index (χ4v) is 4.53.